The predicted octanol–water partition coefficient (Wildman–Crippen LogP) is 5.11. The topological polar surface area (TPSA) is 62.4 Å². The lowest BCUT2D eigenvalue weighted by molar-refractivity contribution is 0.573. The SMILES string of the molecule is CCN(Cc1ccccc1)c1ccc(/C=N\n2c(-c3ccco3)n[nH]c2=S)cc1. The van der Waals surface area contributed by atoms with Crippen molar-refractivity contribution in [3.05, 3.63) is 88.9 Å². The fourth-order valence-electron chi connectivity index (χ4n) is 3.05. The van der Waals surface area contributed by atoms with E-state index in [0.29, 0.717) is 16.4 Å². The Morgan fingerprint density at radius 1 is 1.10 bits per heavy atom. The van der Waals surface area contributed by atoms with Gasteiger partial charge in [-0.3, -0.25) is 0 Å². The van der Waals surface area contributed by atoms with Crippen molar-refractivity contribution in [2.24, 2.45) is 5.10 Å². The molecule has 0 bridgehead atoms. The van der Waals surface area contributed by atoms with Crippen molar-refractivity contribution in [2.45, 2.75) is 13.5 Å². The van der Waals surface area contributed by atoms with Crippen molar-refractivity contribution in [1.82, 2.24) is 14.9 Å². The Hall–Kier alpha value is -3.45. The van der Waals surface area contributed by atoms with Gasteiger partial charge in [-0.2, -0.15) is 9.78 Å². The van der Waals surface area contributed by atoms with Crippen LogP contribution in [0.1, 0.15) is 18.1 Å². The minimum absolute atomic E-state index is 0.407. The van der Waals surface area contributed by atoms with Gasteiger partial charge >= 0.3 is 0 Å². The van der Waals surface area contributed by atoms with Crippen molar-refractivity contribution < 1.29 is 4.42 Å². The molecule has 0 spiro atoms. The Balaban J connectivity index is 1.52. The second-order valence-corrected chi connectivity index (χ2v) is 6.86. The highest BCUT2D eigenvalue weighted by Gasteiger charge is 2.10. The Morgan fingerprint density at radius 2 is 1.90 bits per heavy atom. The van der Waals surface area contributed by atoms with E-state index < -0.39 is 0 Å². The van der Waals surface area contributed by atoms with Crippen LogP contribution < -0.4 is 4.90 Å². The number of benzene rings is 2. The molecular weight excluding hydrogens is 382 g/mol. The highest BCUT2D eigenvalue weighted by molar-refractivity contribution is 7.71. The van der Waals surface area contributed by atoms with E-state index in [2.05, 4.69) is 63.5 Å². The fourth-order valence-corrected chi connectivity index (χ4v) is 3.23. The Kier molecular flexibility index (Phi) is 5.67. The van der Waals surface area contributed by atoms with Crippen molar-refractivity contribution in [3.8, 4) is 11.6 Å². The summed E-state index contributed by atoms with van der Waals surface area (Å²) in [6.45, 7) is 3.97. The summed E-state index contributed by atoms with van der Waals surface area (Å²) in [5.41, 5.74) is 3.43. The number of aromatic amines is 1. The van der Waals surface area contributed by atoms with Crippen LogP contribution in [0.3, 0.4) is 0 Å². The lowest BCUT2D eigenvalue weighted by Gasteiger charge is -2.23. The Morgan fingerprint density at radius 3 is 2.59 bits per heavy atom. The molecule has 4 rings (SSSR count). The van der Waals surface area contributed by atoms with E-state index in [1.807, 2.05) is 24.3 Å². The van der Waals surface area contributed by atoms with Crippen LogP contribution in [-0.2, 0) is 6.54 Å². The van der Waals surface area contributed by atoms with Gasteiger partial charge in [-0.05, 0) is 54.5 Å². The summed E-state index contributed by atoms with van der Waals surface area (Å²) in [6.07, 6.45) is 3.35. The molecule has 0 fully saturated rings. The molecule has 0 radical (unpaired) electrons. The quantitative estimate of drug-likeness (QED) is 0.344. The maximum atomic E-state index is 5.40. The molecule has 1 N–H and O–H groups in total. The molecule has 0 unspecified atom stereocenters. The summed E-state index contributed by atoms with van der Waals surface area (Å²) in [5.74, 6) is 1.14. The number of H-pyrrole nitrogens is 1. The molecule has 2 heterocycles. The van der Waals surface area contributed by atoms with Gasteiger partial charge in [0.05, 0.1) is 12.5 Å². The van der Waals surface area contributed by atoms with E-state index in [4.69, 9.17) is 16.6 Å². The minimum atomic E-state index is 0.407. The maximum Gasteiger partial charge on any atom is 0.219 e. The van der Waals surface area contributed by atoms with Crippen LogP contribution in [0, 0.1) is 4.77 Å². The summed E-state index contributed by atoms with van der Waals surface area (Å²) >= 11 is 5.28. The van der Waals surface area contributed by atoms with Crippen LogP contribution in [-0.4, -0.2) is 27.6 Å². The molecule has 0 amide bonds. The van der Waals surface area contributed by atoms with Gasteiger partial charge in [0.15, 0.2) is 5.76 Å². The summed E-state index contributed by atoms with van der Waals surface area (Å²) in [5, 5.41) is 11.4. The molecule has 2 aromatic heterocycles. The Labute approximate surface area is 174 Å². The van der Waals surface area contributed by atoms with Crippen LogP contribution >= 0.6 is 12.2 Å². The third-order valence-electron chi connectivity index (χ3n) is 4.57. The van der Waals surface area contributed by atoms with Gasteiger partial charge in [0, 0.05) is 18.8 Å². The number of nitrogens with zero attached hydrogens (tertiary/aromatic N) is 4. The number of nitrogens with one attached hydrogen (secondary N) is 1. The highest BCUT2D eigenvalue weighted by Crippen LogP contribution is 2.19. The number of aromatic nitrogens is 3. The average Bonchev–Trinajstić information content (AvgIpc) is 3.41. The number of hydrogen-bond donors (Lipinski definition) is 1. The molecule has 0 aliphatic rings. The summed E-state index contributed by atoms with van der Waals surface area (Å²) < 4.78 is 7.36. The molecular formula is C22H21N5OS. The fraction of sp³-hybridized carbons (Fsp3) is 0.136. The van der Waals surface area contributed by atoms with Crippen molar-refractivity contribution in [3.63, 3.8) is 0 Å². The van der Waals surface area contributed by atoms with Crippen LogP contribution in [0.25, 0.3) is 11.6 Å². The van der Waals surface area contributed by atoms with Gasteiger partial charge < -0.3 is 9.32 Å². The number of hydrogen-bond acceptors (Lipinski definition) is 5. The summed E-state index contributed by atoms with van der Waals surface area (Å²) in [4.78, 5) is 2.33. The zero-order chi connectivity index (χ0) is 20.1. The van der Waals surface area contributed by atoms with Crippen LogP contribution in [0.5, 0.6) is 0 Å². The van der Waals surface area contributed by atoms with E-state index in [1.165, 1.54) is 11.3 Å². The van der Waals surface area contributed by atoms with E-state index in [0.717, 1.165) is 18.7 Å². The highest BCUT2D eigenvalue weighted by atomic mass is 32.1. The summed E-state index contributed by atoms with van der Waals surface area (Å²) in [6, 6.07) is 22.4. The molecule has 0 saturated carbocycles. The van der Waals surface area contributed by atoms with Gasteiger partial charge in [-0.15, -0.1) is 5.10 Å². The monoisotopic (exact) mass is 403 g/mol. The first kappa shape index (κ1) is 18.9. The van der Waals surface area contributed by atoms with E-state index >= 15 is 0 Å². The molecule has 0 atom stereocenters. The normalized spacial score (nSPS) is 11.2. The number of rotatable bonds is 7. The molecule has 2 aromatic carbocycles. The minimum Gasteiger partial charge on any atom is -0.461 e. The van der Waals surface area contributed by atoms with Crippen LogP contribution in [0.4, 0.5) is 5.69 Å². The van der Waals surface area contributed by atoms with Crippen molar-refractivity contribution in [2.75, 3.05) is 11.4 Å². The molecule has 6 nitrogen and oxygen atoms in total. The summed E-state index contributed by atoms with van der Waals surface area (Å²) in [7, 11) is 0. The van der Waals surface area contributed by atoms with Gasteiger partial charge in [-0.1, -0.05) is 42.5 Å². The predicted molar refractivity (Wildman–Crippen MR) is 118 cm³/mol. The lowest BCUT2D eigenvalue weighted by atomic mass is 10.1. The first-order valence-electron chi connectivity index (χ1n) is 9.39. The number of furan rings is 1. The van der Waals surface area contributed by atoms with Crippen molar-refractivity contribution in [1.29, 1.82) is 0 Å². The zero-order valence-electron chi connectivity index (χ0n) is 16.0. The molecule has 4 aromatic rings. The van der Waals surface area contributed by atoms with Gasteiger partial charge in [0.1, 0.15) is 0 Å². The van der Waals surface area contributed by atoms with E-state index in [-0.39, 0.29) is 0 Å². The maximum absolute atomic E-state index is 5.40. The van der Waals surface area contributed by atoms with Gasteiger partial charge in [0.25, 0.3) is 0 Å². The molecule has 0 aliphatic carbocycles. The zero-order valence-corrected chi connectivity index (χ0v) is 16.8. The number of anilines is 1. The second-order valence-electron chi connectivity index (χ2n) is 6.48. The van der Waals surface area contributed by atoms with Crippen molar-refractivity contribution >= 4 is 24.1 Å². The standard InChI is InChI=1S/C22H21N5OS/c1-2-26(16-18-7-4-3-5-8-18)19-12-10-17(11-13-19)15-23-27-21(24-25-22(27)29)20-9-6-14-28-20/h3-15H,2,16H2,1H3,(H,25,29)/b23-15-. The van der Waals surface area contributed by atoms with Crippen LogP contribution in [0.2, 0.25) is 0 Å². The third-order valence-corrected chi connectivity index (χ3v) is 4.83. The lowest BCUT2D eigenvalue weighted by Crippen LogP contribution is -2.21. The molecule has 29 heavy (non-hydrogen) atoms. The molecule has 0 aliphatic heterocycles. The van der Waals surface area contributed by atoms with Gasteiger partial charge in [-0.25, -0.2) is 5.10 Å². The third kappa shape index (κ3) is 4.35. The van der Waals surface area contributed by atoms with Gasteiger partial charge in [0.2, 0.25) is 10.6 Å². The first-order chi connectivity index (χ1) is 14.2. The largest absolute Gasteiger partial charge is 0.461 e. The molecule has 0 saturated heterocycles. The molecule has 7 heteroatoms. The first-order valence-corrected chi connectivity index (χ1v) is 9.80. The van der Waals surface area contributed by atoms with E-state index in [9.17, 15) is 0 Å². The van der Waals surface area contributed by atoms with Crippen LogP contribution in [0.15, 0.2) is 82.5 Å². The van der Waals surface area contributed by atoms with E-state index in [1.54, 1.807) is 23.2 Å². The smallest absolute Gasteiger partial charge is 0.219 e. The molecule has 146 valence electrons. The average molecular weight is 404 g/mol. The second kappa shape index (κ2) is 8.70. The Bertz CT molecular complexity index is 1130.